The van der Waals surface area contributed by atoms with Crippen LogP contribution in [0.1, 0.15) is 37.2 Å². The molecule has 0 amide bonds. The molecule has 15 heavy (non-hydrogen) atoms. The second-order valence-electron chi connectivity index (χ2n) is 4.51. The van der Waals surface area contributed by atoms with Crippen LogP contribution in [0.2, 0.25) is 0 Å². The van der Waals surface area contributed by atoms with Crippen molar-refractivity contribution in [2.24, 2.45) is 13.0 Å². The molecule has 0 radical (unpaired) electrons. The summed E-state index contributed by atoms with van der Waals surface area (Å²) < 4.78 is 1.99. The molecule has 1 N–H and O–H groups in total. The first-order valence-electron chi connectivity index (χ1n) is 5.50. The number of carboxylic acid groups (broad SMARTS) is 1. The molecule has 1 aromatic rings. The molecule has 1 fully saturated rings. The Morgan fingerprint density at radius 2 is 2.40 bits per heavy atom. The highest BCUT2D eigenvalue weighted by Gasteiger charge is 2.30. The van der Waals surface area contributed by atoms with Gasteiger partial charge in [-0.1, -0.05) is 6.42 Å². The summed E-state index contributed by atoms with van der Waals surface area (Å²) >= 11 is 0. The molecule has 1 heterocycles. The quantitative estimate of drug-likeness (QED) is 0.823. The van der Waals surface area contributed by atoms with Crippen molar-refractivity contribution in [3.63, 3.8) is 0 Å². The summed E-state index contributed by atoms with van der Waals surface area (Å²) in [5, 5.41) is 8.91. The van der Waals surface area contributed by atoms with Crippen molar-refractivity contribution < 1.29 is 9.90 Å². The summed E-state index contributed by atoms with van der Waals surface area (Å²) in [6, 6.07) is 2.05. The number of carbonyl (C=O) groups is 1. The van der Waals surface area contributed by atoms with Crippen molar-refractivity contribution in [1.29, 1.82) is 0 Å². The lowest BCUT2D eigenvalue weighted by molar-refractivity contribution is -0.138. The van der Waals surface area contributed by atoms with E-state index in [4.69, 9.17) is 5.11 Å². The van der Waals surface area contributed by atoms with Crippen molar-refractivity contribution in [2.75, 3.05) is 0 Å². The number of aliphatic carboxylic acids is 1. The first-order chi connectivity index (χ1) is 7.16. The molecule has 3 nitrogen and oxygen atoms in total. The molecule has 1 unspecified atom stereocenters. The predicted molar refractivity (Wildman–Crippen MR) is 57.7 cm³/mol. The van der Waals surface area contributed by atoms with Gasteiger partial charge in [-0.3, -0.25) is 4.79 Å². The van der Waals surface area contributed by atoms with Crippen LogP contribution < -0.4 is 0 Å². The lowest BCUT2D eigenvalue weighted by atomic mass is 9.72. The van der Waals surface area contributed by atoms with Crippen molar-refractivity contribution in [3.8, 4) is 0 Å². The van der Waals surface area contributed by atoms with Gasteiger partial charge in [0.15, 0.2) is 0 Å². The summed E-state index contributed by atoms with van der Waals surface area (Å²) in [7, 11) is 1.97. The summed E-state index contributed by atoms with van der Waals surface area (Å²) in [6.07, 6.45) is 7.94. The highest BCUT2D eigenvalue weighted by molar-refractivity contribution is 5.68. The van der Waals surface area contributed by atoms with Crippen molar-refractivity contribution in [2.45, 2.75) is 31.6 Å². The normalized spacial score (nSPS) is 18.5. The predicted octanol–water partition coefficient (Wildman–Crippen LogP) is 2.38. The molecule has 1 atom stereocenters. The Labute approximate surface area is 89.7 Å². The van der Waals surface area contributed by atoms with Crippen LogP contribution in [0.25, 0.3) is 0 Å². The van der Waals surface area contributed by atoms with Gasteiger partial charge in [0, 0.05) is 19.4 Å². The van der Waals surface area contributed by atoms with Gasteiger partial charge in [-0.05, 0) is 36.3 Å². The van der Waals surface area contributed by atoms with Crippen LogP contribution in [0.4, 0.5) is 0 Å². The highest BCUT2D eigenvalue weighted by atomic mass is 16.4. The number of hydrogen-bond donors (Lipinski definition) is 1. The van der Waals surface area contributed by atoms with Crippen LogP contribution in [0, 0.1) is 5.92 Å². The Bertz CT molecular complexity index is 352. The van der Waals surface area contributed by atoms with Gasteiger partial charge in [-0.2, -0.15) is 0 Å². The van der Waals surface area contributed by atoms with Crippen LogP contribution in [0.5, 0.6) is 0 Å². The molecule has 1 aromatic heterocycles. The van der Waals surface area contributed by atoms with E-state index >= 15 is 0 Å². The second kappa shape index (κ2) is 4.09. The molecule has 0 spiro atoms. The average Bonchev–Trinajstić information content (AvgIpc) is 2.46. The molecule has 1 aliphatic rings. The summed E-state index contributed by atoms with van der Waals surface area (Å²) in [5.41, 5.74) is 1.18. The maximum atomic E-state index is 10.8. The van der Waals surface area contributed by atoms with Crippen LogP contribution in [0.15, 0.2) is 18.5 Å². The Hall–Kier alpha value is -1.25. The fourth-order valence-corrected chi connectivity index (χ4v) is 2.33. The molecule has 0 aromatic carbocycles. The van der Waals surface area contributed by atoms with E-state index in [-0.39, 0.29) is 12.3 Å². The van der Waals surface area contributed by atoms with Crippen LogP contribution in [-0.4, -0.2) is 15.6 Å². The number of rotatable bonds is 4. The fraction of sp³-hybridized carbons (Fsp3) is 0.583. The van der Waals surface area contributed by atoms with Crippen molar-refractivity contribution in [1.82, 2.24) is 4.57 Å². The van der Waals surface area contributed by atoms with E-state index < -0.39 is 5.97 Å². The Morgan fingerprint density at radius 3 is 2.80 bits per heavy atom. The molecular weight excluding hydrogens is 190 g/mol. The van der Waals surface area contributed by atoms with Gasteiger partial charge in [0.1, 0.15) is 0 Å². The van der Waals surface area contributed by atoms with Crippen molar-refractivity contribution in [3.05, 3.63) is 24.0 Å². The molecule has 0 aliphatic heterocycles. The topological polar surface area (TPSA) is 42.2 Å². The maximum absolute atomic E-state index is 10.8. The number of nitrogens with zero attached hydrogens (tertiary/aromatic N) is 1. The molecule has 0 bridgehead atoms. The molecule has 2 rings (SSSR count). The highest BCUT2D eigenvalue weighted by Crippen LogP contribution is 2.41. The van der Waals surface area contributed by atoms with E-state index in [2.05, 4.69) is 0 Å². The van der Waals surface area contributed by atoms with E-state index in [1.54, 1.807) is 0 Å². The van der Waals surface area contributed by atoms with Crippen LogP contribution >= 0.6 is 0 Å². The van der Waals surface area contributed by atoms with Gasteiger partial charge in [-0.15, -0.1) is 0 Å². The van der Waals surface area contributed by atoms with Crippen LogP contribution in [-0.2, 0) is 11.8 Å². The molecule has 0 saturated heterocycles. The summed E-state index contributed by atoms with van der Waals surface area (Å²) in [6.45, 7) is 0. The zero-order valence-corrected chi connectivity index (χ0v) is 9.02. The minimum atomic E-state index is -0.684. The lowest BCUT2D eigenvalue weighted by Crippen LogP contribution is -2.22. The standard InChI is InChI=1S/C12H17NO2/c1-13-6-5-10(8-13)11(7-12(14)15)9-3-2-4-9/h5-6,8-9,11H,2-4,7H2,1H3,(H,14,15). The Morgan fingerprint density at radius 1 is 1.67 bits per heavy atom. The van der Waals surface area contributed by atoms with Gasteiger partial charge >= 0.3 is 5.97 Å². The third-order valence-corrected chi connectivity index (χ3v) is 3.40. The third-order valence-electron chi connectivity index (χ3n) is 3.40. The van der Waals surface area contributed by atoms with E-state index in [0.29, 0.717) is 5.92 Å². The van der Waals surface area contributed by atoms with Gasteiger partial charge in [0.05, 0.1) is 6.42 Å². The largest absolute Gasteiger partial charge is 0.481 e. The number of carboxylic acids is 1. The lowest BCUT2D eigenvalue weighted by Gasteiger charge is -2.32. The van der Waals surface area contributed by atoms with Gasteiger partial charge in [0.25, 0.3) is 0 Å². The molecule has 3 heteroatoms. The van der Waals surface area contributed by atoms with Crippen molar-refractivity contribution >= 4 is 5.97 Å². The molecular formula is C12H17NO2. The minimum Gasteiger partial charge on any atom is -0.481 e. The summed E-state index contributed by atoms with van der Waals surface area (Å²) in [5.74, 6) is 0.122. The fourth-order valence-electron chi connectivity index (χ4n) is 2.33. The zero-order chi connectivity index (χ0) is 10.8. The minimum absolute atomic E-state index is 0.220. The molecule has 82 valence electrons. The molecule has 1 saturated carbocycles. The summed E-state index contributed by atoms with van der Waals surface area (Å²) in [4.78, 5) is 10.8. The monoisotopic (exact) mass is 207 g/mol. The number of hydrogen-bond acceptors (Lipinski definition) is 1. The number of aryl methyl sites for hydroxylation is 1. The van der Waals surface area contributed by atoms with E-state index in [1.807, 2.05) is 30.1 Å². The maximum Gasteiger partial charge on any atom is 0.303 e. The SMILES string of the molecule is Cn1ccc(C(CC(=O)O)C2CCC2)c1. The Balaban J connectivity index is 2.13. The first-order valence-corrected chi connectivity index (χ1v) is 5.50. The van der Waals surface area contributed by atoms with Gasteiger partial charge < -0.3 is 9.67 Å². The van der Waals surface area contributed by atoms with E-state index in [1.165, 1.54) is 24.8 Å². The number of aromatic nitrogens is 1. The van der Waals surface area contributed by atoms with Gasteiger partial charge in [0.2, 0.25) is 0 Å². The van der Waals surface area contributed by atoms with Crippen LogP contribution in [0.3, 0.4) is 0 Å². The third kappa shape index (κ3) is 2.22. The van der Waals surface area contributed by atoms with E-state index in [9.17, 15) is 4.79 Å². The average molecular weight is 207 g/mol. The molecule has 1 aliphatic carbocycles. The van der Waals surface area contributed by atoms with Gasteiger partial charge in [-0.25, -0.2) is 0 Å². The smallest absolute Gasteiger partial charge is 0.303 e. The van der Waals surface area contributed by atoms with E-state index in [0.717, 1.165) is 0 Å². The Kier molecular flexibility index (Phi) is 2.80. The zero-order valence-electron chi connectivity index (χ0n) is 9.02. The first kappa shape index (κ1) is 10.3. The second-order valence-corrected chi connectivity index (χ2v) is 4.51.